The normalized spacial score (nSPS) is 23.9. The Balaban J connectivity index is 1.80. The molecule has 2 amide bonds. The molecule has 0 aromatic carbocycles. The van der Waals surface area contributed by atoms with E-state index in [2.05, 4.69) is 42.6 Å². The second-order valence-corrected chi connectivity index (χ2v) is 9.37. The van der Waals surface area contributed by atoms with Crippen molar-refractivity contribution in [3.05, 3.63) is 48.6 Å². The molecule has 2 aliphatic rings. The molecule has 6 nitrogen and oxygen atoms in total. The predicted octanol–water partition coefficient (Wildman–Crippen LogP) is 6.06. The Morgan fingerprint density at radius 3 is 2.34 bits per heavy atom. The maximum absolute atomic E-state index is 12.7. The van der Waals surface area contributed by atoms with Crippen LogP contribution in [0.4, 0.5) is 9.59 Å². The summed E-state index contributed by atoms with van der Waals surface area (Å²) in [6, 6.07) is -0.365. The van der Waals surface area contributed by atoms with Gasteiger partial charge in [-0.15, -0.1) is 0 Å². The number of alkyl carbamates (subject to hydrolysis) is 1. The van der Waals surface area contributed by atoms with Crippen molar-refractivity contribution in [2.24, 2.45) is 0 Å². The molecule has 2 fully saturated rings. The first-order valence-corrected chi connectivity index (χ1v) is 11.9. The average Bonchev–Trinajstić information content (AvgIpc) is 3.08. The second-order valence-electron chi connectivity index (χ2n) is 9.37. The molecule has 0 bridgehead atoms. The lowest BCUT2D eigenvalue weighted by Gasteiger charge is -2.39. The number of piperidine rings is 1. The van der Waals surface area contributed by atoms with Crippen molar-refractivity contribution >= 4 is 12.2 Å². The summed E-state index contributed by atoms with van der Waals surface area (Å²) in [7, 11) is 0. The third-order valence-electron chi connectivity index (χ3n) is 5.34. The first-order chi connectivity index (χ1) is 15.3. The van der Waals surface area contributed by atoms with Crippen LogP contribution in [-0.2, 0) is 9.47 Å². The molecule has 0 saturated carbocycles. The first-order valence-electron chi connectivity index (χ1n) is 11.9. The maximum Gasteiger partial charge on any atom is 0.410 e. The highest BCUT2D eigenvalue weighted by Gasteiger charge is 2.44. The van der Waals surface area contributed by atoms with Gasteiger partial charge in [0.05, 0.1) is 12.1 Å². The lowest BCUT2D eigenvalue weighted by atomic mass is 9.95. The minimum Gasteiger partial charge on any atom is -0.444 e. The standard InChI is InChI=1S/C26H40N2O4/c1-5-6-7-8-9-10-11-12-13-14-15-16-17-18-21-19-23-22(27-24(29)31-23)20-28(21)25(30)32-26(2,3)4/h8-11,15-18,21-23H,5-7,12-14,19-20H2,1-4H3,(H,27,29)/b9-8+,11-10+,16-15+,18-17+/t21-,22+,23-/m1/s1. The number of ether oxygens (including phenoxy) is 2. The number of hydrogen-bond donors (Lipinski definition) is 1. The number of nitrogens with zero attached hydrogens (tertiary/aromatic N) is 1. The Hall–Kier alpha value is -2.50. The second kappa shape index (κ2) is 13.1. The molecule has 6 heteroatoms. The average molecular weight is 445 g/mol. The number of likely N-dealkylation sites (tertiary alicyclic amines) is 1. The fraction of sp³-hybridized carbons (Fsp3) is 0.615. The molecular formula is C26H40N2O4. The summed E-state index contributed by atoms with van der Waals surface area (Å²) in [6.45, 7) is 8.14. The van der Waals surface area contributed by atoms with E-state index in [4.69, 9.17) is 9.47 Å². The molecule has 0 aromatic heterocycles. The van der Waals surface area contributed by atoms with Gasteiger partial charge in [0.25, 0.3) is 0 Å². The van der Waals surface area contributed by atoms with Crippen LogP contribution in [0.5, 0.6) is 0 Å². The Kier molecular flexibility index (Phi) is 10.6. The molecule has 0 aliphatic carbocycles. The van der Waals surface area contributed by atoms with Crippen LogP contribution in [0.25, 0.3) is 0 Å². The highest BCUT2D eigenvalue weighted by molar-refractivity contribution is 5.72. The third kappa shape index (κ3) is 9.33. The van der Waals surface area contributed by atoms with Gasteiger partial charge in [0, 0.05) is 13.0 Å². The molecular weight excluding hydrogens is 404 g/mol. The van der Waals surface area contributed by atoms with Gasteiger partial charge < -0.3 is 14.8 Å². The fourth-order valence-electron chi connectivity index (χ4n) is 3.69. The molecule has 2 aliphatic heterocycles. The number of carbonyl (C=O) groups excluding carboxylic acids is 2. The predicted molar refractivity (Wildman–Crippen MR) is 128 cm³/mol. The molecule has 32 heavy (non-hydrogen) atoms. The topological polar surface area (TPSA) is 67.9 Å². The summed E-state index contributed by atoms with van der Waals surface area (Å²) < 4.78 is 10.9. The monoisotopic (exact) mass is 444 g/mol. The summed E-state index contributed by atoms with van der Waals surface area (Å²) in [6.07, 6.45) is 23.2. The molecule has 178 valence electrons. The van der Waals surface area contributed by atoms with Crippen molar-refractivity contribution in [3.63, 3.8) is 0 Å². The van der Waals surface area contributed by atoms with Gasteiger partial charge in [-0.1, -0.05) is 68.4 Å². The highest BCUT2D eigenvalue weighted by Crippen LogP contribution is 2.27. The number of carbonyl (C=O) groups is 2. The summed E-state index contributed by atoms with van der Waals surface area (Å²) in [4.78, 5) is 26.0. The van der Waals surface area contributed by atoms with E-state index in [0.29, 0.717) is 13.0 Å². The van der Waals surface area contributed by atoms with Crippen LogP contribution < -0.4 is 5.32 Å². The van der Waals surface area contributed by atoms with E-state index in [9.17, 15) is 9.59 Å². The van der Waals surface area contributed by atoms with Crippen molar-refractivity contribution in [2.45, 2.75) is 96.4 Å². The zero-order valence-corrected chi connectivity index (χ0v) is 20.1. The molecule has 2 rings (SSSR count). The van der Waals surface area contributed by atoms with Gasteiger partial charge in [0.1, 0.15) is 11.7 Å². The van der Waals surface area contributed by atoms with Gasteiger partial charge in [-0.3, -0.25) is 4.90 Å². The van der Waals surface area contributed by atoms with Crippen molar-refractivity contribution in [1.82, 2.24) is 10.2 Å². The van der Waals surface area contributed by atoms with Crippen LogP contribution in [-0.4, -0.2) is 47.4 Å². The van der Waals surface area contributed by atoms with Gasteiger partial charge in [-0.05, 0) is 46.5 Å². The number of unbranched alkanes of at least 4 members (excludes halogenated alkanes) is 4. The Labute approximate surface area is 193 Å². The zero-order chi connectivity index (χ0) is 23.4. The fourth-order valence-corrected chi connectivity index (χ4v) is 3.69. The Bertz CT molecular complexity index is 718. The van der Waals surface area contributed by atoms with E-state index in [-0.39, 0.29) is 24.3 Å². The minimum atomic E-state index is -0.572. The van der Waals surface area contributed by atoms with E-state index >= 15 is 0 Å². The van der Waals surface area contributed by atoms with E-state index in [1.54, 1.807) is 4.90 Å². The molecule has 1 N–H and O–H groups in total. The molecule has 0 unspecified atom stereocenters. The van der Waals surface area contributed by atoms with Crippen LogP contribution in [0.3, 0.4) is 0 Å². The van der Waals surface area contributed by atoms with Crippen molar-refractivity contribution < 1.29 is 19.1 Å². The molecule has 0 aromatic rings. The number of hydrogen-bond acceptors (Lipinski definition) is 4. The SMILES string of the molecule is CCCC/C=C/C=C/CCC/C=C/C=C/[C@@H]1C[C@H]2OC(=O)N[C@H]2CN1C(=O)OC(C)(C)C. The van der Waals surface area contributed by atoms with E-state index in [1.165, 1.54) is 12.8 Å². The maximum atomic E-state index is 12.7. The smallest absolute Gasteiger partial charge is 0.410 e. The quantitative estimate of drug-likeness (QED) is 0.329. The zero-order valence-electron chi connectivity index (χ0n) is 20.1. The number of amides is 2. The van der Waals surface area contributed by atoms with Crippen LogP contribution in [0.15, 0.2) is 48.6 Å². The summed E-state index contributed by atoms with van der Waals surface area (Å²) in [5, 5.41) is 2.78. The van der Waals surface area contributed by atoms with Crippen LogP contribution >= 0.6 is 0 Å². The lowest BCUT2D eigenvalue weighted by Crippen LogP contribution is -2.56. The van der Waals surface area contributed by atoms with Gasteiger partial charge in [0.2, 0.25) is 0 Å². The van der Waals surface area contributed by atoms with Crippen molar-refractivity contribution in [1.29, 1.82) is 0 Å². The number of fused-ring (bicyclic) bond motifs is 1. The van der Waals surface area contributed by atoms with E-state index < -0.39 is 11.7 Å². The van der Waals surface area contributed by atoms with Gasteiger partial charge in [-0.2, -0.15) is 0 Å². The van der Waals surface area contributed by atoms with Gasteiger partial charge in [-0.25, -0.2) is 9.59 Å². The van der Waals surface area contributed by atoms with Crippen LogP contribution in [0.2, 0.25) is 0 Å². The first kappa shape index (κ1) is 25.8. The van der Waals surface area contributed by atoms with Crippen molar-refractivity contribution in [3.8, 4) is 0 Å². The summed E-state index contributed by atoms with van der Waals surface area (Å²) in [5.74, 6) is 0. The highest BCUT2D eigenvalue weighted by atomic mass is 16.6. The molecule has 2 heterocycles. The third-order valence-corrected chi connectivity index (χ3v) is 5.34. The van der Waals surface area contributed by atoms with Crippen LogP contribution in [0.1, 0.15) is 72.6 Å². The largest absolute Gasteiger partial charge is 0.444 e. The minimum absolute atomic E-state index is 0.175. The summed E-state index contributed by atoms with van der Waals surface area (Å²) >= 11 is 0. The molecule has 2 saturated heterocycles. The molecule has 0 spiro atoms. The van der Waals surface area contributed by atoms with E-state index in [0.717, 1.165) is 25.7 Å². The Morgan fingerprint density at radius 2 is 1.72 bits per heavy atom. The molecule has 3 atom stereocenters. The van der Waals surface area contributed by atoms with E-state index in [1.807, 2.05) is 39.0 Å². The van der Waals surface area contributed by atoms with Crippen LogP contribution in [0, 0.1) is 0 Å². The summed E-state index contributed by atoms with van der Waals surface area (Å²) in [5.41, 5.74) is -0.572. The lowest BCUT2D eigenvalue weighted by molar-refractivity contribution is 0.000533. The number of rotatable bonds is 10. The Morgan fingerprint density at radius 1 is 1.09 bits per heavy atom. The molecule has 0 radical (unpaired) electrons. The van der Waals surface area contributed by atoms with Crippen molar-refractivity contribution in [2.75, 3.05) is 6.54 Å². The van der Waals surface area contributed by atoms with Gasteiger partial charge in [0.15, 0.2) is 0 Å². The number of allylic oxidation sites excluding steroid dienone is 7. The number of nitrogens with one attached hydrogen (secondary N) is 1. The van der Waals surface area contributed by atoms with Gasteiger partial charge >= 0.3 is 12.2 Å².